The topological polar surface area (TPSA) is 43.6 Å². The minimum absolute atomic E-state index is 0.159. The highest BCUT2D eigenvalue weighted by Crippen LogP contribution is 2.17. The molecule has 0 fully saturated rings. The van der Waals surface area contributed by atoms with Crippen molar-refractivity contribution in [2.45, 2.75) is 19.9 Å². The predicted octanol–water partition coefficient (Wildman–Crippen LogP) is 3.96. The van der Waals surface area contributed by atoms with E-state index in [0.29, 0.717) is 18.0 Å². The van der Waals surface area contributed by atoms with E-state index in [0.717, 1.165) is 21.5 Å². The van der Waals surface area contributed by atoms with Gasteiger partial charge in [-0.2, -0.15) is 4.99 Å². The Morgan fingerprint density at radius 2 is 2.00 bits per heavy atom. The number of carbonyl (C=O) groups excluding carboxylic acids is 1. The highest BCUT2D eigenvalue weighted by Gasteiger charge is 2.07. The van der Waals surface area contributed by atoms with E-state index in [-0.39, 0.29) is 12.3 Å². The molecule has 3 rings (SSSR count). The molecule has 0 saturated carbocycles. The zero-order valence-corrected chi connectivity index (χ0v) is 15.0. The Morgan fingerprint density at radius 3 is 2.72 bits per heavy atom. The van der Waals surface area contributed by atoms with Gasteiger partial charge in [0.25, 0.3) is 5.91 Å². The van der Waals surface area contributed by atoms with Gasteiger partial charge in [-0.15, -0.1) is 6.58 Å². The summed E-state index contributed by atoms with van der Waals surface area (Å²) in [6.45, 7) is 7.00. The Morgan fingerprint density at radius 1 is 1.24 bits per heavy atom. The molecule has 0 spiro atoms. The quantitative estimate of drug-likeness (QED) is 0.630. The molecule has 1 heterocycles. The van der Waals surface area contributed by atoms with E-state index in [4.69, 9.17) is 4.74 Å². The summed E-state index contributed by atoms with van der Waals surface area (Å²) < 4.78 is 8.54. The number of amides is 1. The monoisotopic (exact) mass is 352 g/mol. The van der Waals surface area contributed by atoms with Crippen LogP contribution in [0.5, 0.6) is 5.75 Å². The van der Waals surface area contributed by atoms with Crippen LogP contribution in [0.2, 0.25) is 0 Å². The number of rotatable bonds is 6. The highest BCUT2D eigenvalue weighted by molar-refractivity contribution is 7.16. The molecule has 0 N–H and O–H groups in total. The Labute approximate surface area is 150 Å². The van der Waals surface area contributed by atoms with Crippen molar-refractivity contribution in [1.29, 1.82) is 0 Å². The molecule has 0 radical (unpaired) electrons. The van der Waals surface area contributed by atoms with Crippen molar-refractivity contribution in [3.8, 4) is 5.75 Å². The van der Waals surface area contributed by atoms with Gasteiger partial charge in [0.2, 0.25) is 0 Å². The van der Waals surface area contributed by atoms with Gasteiger partial charge in [0, 0.05) is 6.54 Å². The second-order valence-electron chi connectivity index (χ2n) is 5.51. The van der Waals surface area contributed by atoms with E-state index in [9.17, 15) is 4.79 Å². The molecule has 0 aliphatic carbocycles. The summed E-state index contributed by atoms with van der Waals surface area (Å²) in [6, 6.07) is 15.6. The van der Waals surface area contributed by atoms with Crippen LogP contribution in [0, 0.1) is 0 Å². The van der Waals surface area contributed by atoms with Crippen molar-refractivity contribution in [2.75, 3.05) is 6.61 Å². The minimum Gasteiger partial charge on any atom is -0.494 e. The molecule has 0 bridgehead atoms. The van der Waals surface area contributed by atoms with Gasteiger partial charge >= 0.3 is 0 Å². The Bertz CT molecular complexity index is 952. The lowest BCUT2D eigenvalue weighted by Crippen LogP contribution is -2.16. The van der Waals surface area contributed by atoms with Gasteiger partial charge in [0.15, 0.2) is 4.80 Å². The number of para-hydroxylation sites is 1. The third kappa shape index (κ3) is 4.06. The zero-order valence-electron chi connectivity index (χ0n) is 14.1. The highest BCUT2D eigenvalue weighted by atomic mass is 32.1. The van der Waals surface area contributed by atoms with E-state index in [2.05, 4.69) is 11.6 Å². The van der Waals surface area contributed by atoms with Gasteiger partial charge < -0.3 is 9.30 Å². The first kappa shape index (κ1) is 17.2. The molecule has 25 heavy (non-hydrogen) atoms. The maximum absolute atomic E-state index is 12.4. The van der Waals surface area contributed by atoms with Crippen LogP contribution in [0.25, 0.3) is 10.2 Å². The number of carbonyl (C=O) groups is 1. The molecule has 3 aromatic rings. The van der Waals surface area contributed by atoms with Crippen molar-refractivity contribution in [1.82, 2.24) is 4.57 Å². The van der Waals surface area contributed by atoms with E-state index in [1.807, 2.05) is 66.1 Å². The second kappa shape index (κ2) is 7.94. The maximum Gasteiger partial charge on any atom is 0.252 e. The summed E-state index contributed by atoms with van der Waals surface area (Å²) in [4.78, 5) is 17.4. The summed E-state index contributed by atoms with van der Waals surface area (Å²) in [5.41, 5.74) is 1.99. The average Bonchev–Trinajstić information content (AvgIpc) is 2.95. The predicted molar refractivity (Wildman–Crippen MR) is 102 cm³/mol. The van der Waals surface area contributed by atoms with Crippen LogP contribution in [-0.4, -0.2) is 17.1 Å². The van der Waals surface area contributed by atoms with Gasteiger partial charge in [-0.05, 0) is 36.8 Å². The fourth-order valence-corrected chi connectivity index (χ4v) is 3.66. The first-order valence-electron chi connectivity index (χ1n) is 8.20. The number of allylic oxidation sites excluding steroid dienone is 1. The maximum atomic E-state index is 12.4. The van der Waals surface area contributed by atoms with Crippen LogP contribution in [0.3, 0.4) is 0 Å². The molecule has 0 atom stereocenters. The number of aromatic nitrogens is 1. The van der Waals surface area contributed by atoms with Gasteiger partial charge in [0.05, 0.1) is 23.2 Å². The molecule has 0 aliphatic heterocycles. The first-order chi connectivity index (χ1) is 12.2. The molecule has 4 nitrogen and oxygen atoms in total. The van der Waals surface area contributed by atoms with E-state index < -0.39 is 0 Å². The molecule has 128 valence electrons. The van der Waals surface area contributed by atoms with E-state index in [1.165, 1.54) is 11.3 Å². The molecule has 0 saturated heterocycles. The fourth-order valence-electron chi connectivity index (χ4n) is 2.60. The first-order valence-corrected chi connectivity index (χ1v) is 9.01. The Balaban J connectivity index is 1.86. The van der Waals surface area contributed by atoms with Crippen molar-refractivity contribution in [3.63, 3.8) is 0 Å². The third-order valence-electron chi connectivity index (χ3n) is 3.71. The van der Waals surface area contributed by atoms with Crippen LogP contribution in [-0.2, 0) is 17.8 Å². The van der Waals surface area contributed by atoms with Crippen molar-refractivity contribution in [3.05, 3.63) is 71.6 Å². The van der Waals surface area contributed by atoms with Crippen molar-refractivity contribution in [2.24, 2.45) is 4.99 Å². The number of hydrogen-bond donors (Lipinski definition) is 0. The van der Waals surface area contributed by atoms with Crippen LogP contribution >= 0.6 is 11.3 Å². The van der Waals surface area contributed by atoms with Gasteiger partial charge in [-0.1, -0.05) is 41.7 Å². The zero-order chi connectivity index (χ0) is 17.6. The summed E-state index contributed by atoms with van der Waals surface area (Å²) in [6.07, 6.45) is 2.09. The minimum atomic E-state index is -0.159. The van der Waals surface area contributed by atoms with Crippen LogP contribution in [0.15, 0.2) is 66.2 Å². The van der Waals surface area contributed by atoms with Crippen LogP contribution < -0.4 is 9.54 Å². The molecule has 0 aliphatic rings. The molecule has 1 amide bonds. The summed E-state index contributed by atoms with van der Waals surface area (Å²) in [5.74, 6) is 0.650. The van der Waals surface area contributed by atoms with Crippen molar-refractivity contribution < 1.29 is 9.53 Å². The average molecular weight is 352 g/mol. The molecule has 0 unspecified atom stereocenters. The largest absolute Gasteiger partial charge is 0.494 e. The standard InChI is InChI=1S/C20H20N2O2S/c1-3-13-22-17-7-5-6-8-18(17)25-20(22)21-19(23)14-15-9-11-16(12-10-15)24-4-2/h3,5-12H,1,4,13-14H2,2H3. The molecular formula is C20H20N2O2S. The number of fused-ring (bicyclic) bond motifs is 1. The SMILES string of the molecule is C=CCn1c(=NC(=O)Cc2ccc(OCC)cc2)sc2ccccc21. The Kier molecular flexibility index (Phi) is 5.46. The van der Waals surface area contributed by atoms with Crippen LogP contribution in [0.4, 0.5) is 0 Å². The number of ether oxygens (including phenoxy) is 1. The lowest BCUT2D eigenvalue weighted by molar-refractivity contribution is -0.117. The van der Waals surface area contributed by atoms with Gasteiger partial charge in [-0.25, -0.2) is 0 Å². The lowest BCUT2D eigenvalue weighted by Gasteiger charge is -2.03. The fraction of sp³-hybridized carbons (Fsp3) is 0.200. The third-order valence-corrected chi connectivity index (χ3v) is 4.77. The molecule has 1 aromatic heterocycles. The lowest BCUT2D eigenvalue weighted by atomic mass is 10.1. The van der Waals surface area contributed by atoms with Gasteiger partial charge in [0.1, 0.15) is 5.75 Å². The number of nitrogens with zero attached hydrogens (tertiary/aromatic N) is 2. The molecule has 5 heteroatoms. The molecular weight excluding hydrogens is 332 g/mol. The number of hydrogen-bond acceptors (Lipinski definition) is 3. The Hall–Kier alpha value is -2.66. The number of benzene rings is 2. The van der Waals surface area contributed by atoms with E-state index >= 15 is 0 Å². The second-order valence-corrected chi connectivity index (χ2v) is 6.52. The van der Waals surface area contributed by atoms with Crippen molar-refractivity contribution >= 4 is 27.5 Å². The number of thiazole rings is 1. The molecule has 2 aromatic carbocycles. The summed E-state index contributed by atoms with van der Waals surface area (Å²) in [5, 5.41) is 0. The summed E-state index contributed by atoms with van der Waals surface area (Å²) in [7, 11) is 0. The van der Waals surface area contributed by atoms with E-state index in [1.54, 1.807) is 0 Å². The normalized spacial score (nSPS) is 11.6. The smallest absolute Gasteiger partial charge is 0.252 e. The summed E-state index contributed by atoms with van der Waals surface area (Å²) >= 11 is 1.52. The van der Waals surface area contributed by atoms with Crippen LogP contribution in [0.1, 0.15) is 12.5 Å². The van der Waals surface area contributed by atoms with Gasteiger partial charge in [-0.3, -0.25) is 4.79 Å².